The van der Waals surface area contributed by atoms with Crippen molar-refractivity contribution in [2.45, 2.75) is 0 Å². The van der Waals surface area contributed by atoms with Crippen LogP contribution in [0.1, 0.15) is 15.9 Å². The van der Waals surface area contributed by atoms with Crippen molar-refractivity contribution in [3.05, 3.63) is 53.3 Å². The molecular formula is C17H17FN2O4. The van der Waals surface area contributed by atoms with Crippen molar-refractivity contribution >= 4 is 12.1 Å². The van der Waals surface area contributed by atoms with Crippen molar-refractivity contribution in [3.8, 4) is 17.2 Å². The number of methoxy groups -OCH3 is 3. The molecule has 0 aliphatic rings. The van der Waals surface area contributed by atoms with Crippen LogP contribution in [-0.2, 0) is 0 Å². The van der Waals surface area contributed by atoms with Crippen molar-refractivity contribution in [1.82, 2.24) is 5.43 Å². The Morgan fingerprint density at radius 3 is 2.38 bits per heavy atom. The molecule has 0 aliphatic heterocycles. The van der Waals surface area contributed by atoms with Gasteiger partial charge in [-0.05, 0) is 24.3 Å². The number of benzene rings is 2. The van der Waals surface area contributed by atoms with Gasteiger partial charge in [-0.3, -0.25) is 4.79 Å². The normalized spacial score (nSPS) is 10.5. The van der Waals surface area contributed by atoms with Gasteiger partial charge in [-0.25, -0.2) is 9.82 Å². The number of carbonyl (C=O) groups excluding carboxylic acids is 1. The number of rotatable bonds is 6. The molecule has 2 rings (SSSR count). The fourth-order valence-electron chi connectivity index (χ4n) is 2.09. The number of amides is 1. The monoisotopic (exact) mass is 332 g/mol. The first-order valence-corrected chi connectivity index (χ1v) is 6.99. The number of hydrazone groups is 1. The average Bonchev–Trinajstić information content (AvgIpc) is 2.61. The number of hydrogen-bond donors (Lipinski definition) is 1. The first-order chi connectivity index (χ1) is 11.6. The molecule has 0 unspecified atom stereocenters. The molecule has 0 radical (unpaired) electrons. The van der Waals surface area contributed by atoms with Crippen LogP contribution < -0.4 is 19.6 Å². The Balaban J connectivity index is 2.20. The molecule has 126 valence electrons. The van der Waals surface area contributed by atoms with Crippen LogP contribution in [0, 0.1) is 5.82 Å². The highest BCUT2D eigenvalue weighted by Crippen LogP contribution is 2.38. The van der Waals surface area contributed by atoms with Crippen LogP contribution in [0.5, 0.6) is 17.2 Å². The number of ether oxygens (including phenoxy) is 3. The molecular weight excluding hydrogens is 315 g/mol. The van der Waals surface area contributed by atoms with Crippen molar-refractivity contribution in [3.63, 3.8) is 0 Å². The maximum Gasteiger partial charge on any atom is 0.274 e. The van der Waals surface area contributed by atoms with Gasteiger partial charge in [0.15, 0.2) is 11.5 Å². The Bertz CT molecular complexity index is 762. The maximum absolute atomic E-state index is 13.5. The Labute approximate surface area is 138 Å². The molecule has 0 atom stereocenters. The Kier molecular flexibility index (Phi) is 5.73. The van der Waals surface area contributed by atoms with E-state index in [0.717, 1.165) is 0 Å². The summed E-state index contributed by atoms with van der Waals surface area (Å²) < 4.78 is 29.3. The Morgan fingerprint density at radius 1 is 1.04 bits per heavy atom. The van der Waals surface area contributed by atoms with E-state index in [2.05, 4.69) is 10.5 Å². The van der Waals surface area contributed by atoms with E-state index in [1.165, 1.54) is 45.7 Å². The van der Waals surface area contributed by atoms with E-state index in [9.17, 15) is 9.18 Å². The molecule has 24 heavy (non-hydrogen) atoms. The summed E-state index contributed by atoms with van der Waals surface area (Å²) in [7, 11) is 4.48. The highest BCUT2D eigenvalue weighted by atomic mass is 19.1. The van der Waals surface area contributed by atoms with Crippen LogP contribution in [0.2, 0.25) is 0 Å². The molecule has 0 fully saturated rings. The average molecular weight is 332 g/mol. The van der Waals surface area contributed by atoms with Crippen LogP contribution >= 0.6 is 0 Å². The fraction of sp³-hybridized carbons (Fsp3) is 0.176. The van der Waals surface area contributed by atoms with Gasteiger partial charge in [-0.2, -0.15) is 5.10 Å². The third-order valence-corrected chi connectivity index (χ3v) is 3.22. The van der Waals surface area contributed by atoms with Crippen LogP contribution in [0.3, 0.4) is 0 Å². The number of carbonyl (C=O) groups is 1. The lowest BCUT2D eigenvalue weighted by molar-refractivity contribution is 0.0951. The minimum Gasteiger partial charge on any atom is -0.493 e. The van der Waals surface area contributed by atoms with E-state index in [4.69, 9.17) is 14.2 Å². The van der Waals surface area contributed by atoms with Gasteiger partial charge in [0.25, 0.3) is 5.91 Å². The zero-order chi connectivity index (χ0) is 17.5. The third-order valence-electron chi connectivity index (χ3n) is 3.22. The van der Waals surface area contributed by atoms with Gasteiger partial charge in [0, 0.05) is 5.56 Å². The summed E-state index contributed by atoms with van der Waals surface area (Å²) in [6, 6.07) is 9.02. The molecule has 0 bridgehead atoms. The predicted octanol–water partition coefficient (Wildman–Crippen LogP) is 2.62. The van der Waals surface area contributed by atoms with Crippen LogP contribution in [-0.4, -0.2) is 33.5 Å². The van der Waals surface area contributed by atoms with Crippen molar-refractivity contribution < 1.29 is 23.4 Å². The SMILES string of the molecule is COc1ccc(/C=N\NC(=O)c2ccccc2F)c(OC)c1OC. The van der Waals surface area contributed by atoms with Crippen molar-refractivity contribution in [1.29, 1.82) is 0 Å². The third kappa shape index (κ3) is 3.62. The molecule has 0 heterocycles. The summed E-state index contributed by atoms with van der Waals surface area (Å²) in [4.78, 5) is 11.9. The van der Waals surface area contributed by atoms with Crippen LogP contribution in [0.4, 0.5) is 4.39 Å². The molecule has 0 saturated carbocycles. The highest BCUT2D eigenvalue weighted by Gasteiger charge is 2.15. The zero-order valence-corrected chi connectivity index (χ0v) is 13.5. The topological polar surface area (TPSA) is 69.2 Å². The van der Waals surface area contributed by atoms with Gasteiger partial charge in [0.1, 0.15) is 5.82 Å². The summed E-state index contributed by atoms with van der Waals surface area (Å²) in [5.74, 6) is 0.0460. The number of nitrogens with one attached hydrogen (secondary N) is 1. The second-order valence-corrected chi connectivity index (χ2v) is 4.60. The summed E-state index contributed by atoms with van der Waals surface area (Å²) >= 11 is 0. The lowest BCUT2D eigenvalue weighted by Crippen LogP contribution is -2.19. The number of hydrogen-bond acceptors (Lipinski definition) is 5. The van der Waals surface area contributed by atoms with Crippen molar-refractivity contribution in [2.24, 2.45) is 5.10 Å². The van der Waals surface area contributed by atoms with E-state index >= 15 is 0 Å². The first-order valence-electron chi connectivity index (χ1n) is 6.99. The van der Waals surface area contributed by atoms with Gasteiger partial charge in [-0.1, -0.05) is 12.1 Å². The van der Waals surface area contributed by atoms with Gasteiger partial charge < -0.3 is 14.2 Å². The molecule has 6 nitrogen and oxygen atoms in total. The molecule has 2 aromatic carbocycles. The molecule has 0 aromatic heterocycles. The smallest absolute Gasteiger partial charge is 0.274 e. The Morgan fingerprint density at radius 2 is 1.75 bits per heavy atom. The molecule has 0 saturated heterocycles. The molecule has 1 amide bonds. The summed E-state index contributed by atoms with van der Waals surface area (Å²) in [5.41, 5.74) is 2.74. The van der Waals surface area contributed by atoms with E-state index in [1.807, 2.05) is 0 Å². The minimum atomic E-state index is -0.649. The quantitative estimate of drug-likeness (QED) is 0.652. The second kappa shape index (κ2) is 7.96. The predicted molar refractivity (Wildman–Crippen MR) is 87.6 cm³/mol. The lowest BCUT2D eigenvalue weighted by atomic mass is 10.2. The van der Waals surface area contributed by atoms with Gasteiger partial charge in [-0.15, -0.1) is 0 Å². The molecule has 0 spiro atoms. The minimum absolute atomic E-state index is 0.0890. The molecule has 1 N–H and O–H groups in total. The van der Waals surface area contributed by atoms with Gasteiger partial charge >= 0.3 is 0 Å². The van der Waals surface area contributed by atoms with E-state index < -0.39 is 11.7 Å². The van der Waals surface area contributed by atoms with E-state index in [-0.39, 0.29) is 5.56 Å². The fourth-order valence-corrected chi connectivity index (χ4v) is 2.09. The van der Waals surface area contributed by atoms with Crippen molar-refractivity contribution in [2.75, 3.05) is 21.3 Å². The zero-order valence-electron chi connectivity index (χ0n) is 13.5. The second-order valence-electron chi connectivity index (χ2n) is 4.60. The maximum atomic E-state index is 13.5. The molecule has 2 aromatic rings. The number of nitrogens with zero attached hydrogens (tertiary/aromatic N) is 1. The van der Waals surface area contributed by atoms with E-state index in [0.29, 0.717) is 22.8 Å². The standard InChI is InChI=1S/C17H17FN2O4/c1-22-14-9-8-11(15(23-2)16(14)24-3)10-19-20-17(21)12-6-4-5-7-13(12)18/h4-10H,1-3H3,(H,20,21)/b19-10-. The molecule has 7 heteroatoms. The van der Waals surface area contributed by atoms with Gasteiger partial charge in [0.05, 0.1) is 33.1 Å². The summed E-state index contributed by atoms with van der Waals surface area (Å²) in [6.07, 6.45) is 1.37. The van der Waals surface area contributed by atoms with Crippen LogP contribution in [0.25, 0.3) is 0 Å². The largest absolute Gasteiger partial charge is 0.493 e. The molecule has 0 aliphatic carbocycles. The number of halogens is 1. The first kappa shape index (κ1) is 17.3. The summed E-state index contributed by atoms with van der Waals surface area (Å²) in [5, 5.41) is 3.83. The highest BCUT2D eigenvalue weighted by molar-refractivity contribution is 5.95. The summed E-state index contributed by atoms with van der Waals surface area (Å²) in [6.45, 7) is 0. The van der Waals surface area contributed by atoms with E-state index in [1.54, 1.807) is 18.2 Å². The van der Waals surface area contributed by atoms with Gasteiger partial charge in [0.2, 0.25) is 5.75 Å². The Hall–Kier alpha value is -3.09. The lowest BCUT2D eigenvalue weighted by Gasteiger charge is -2.13. The van der Waals surface area contributed by atoms with Crippen LogP contribution in [0.15, 0.2) is 41.5 Å².